The molecule has 0 spiro atoms. The number of para-hydroxylation sites is 1. The van der Waals surface area contributed by atoms with Gasteiger partial charge < -0.3 is 4.90 Å². The Morgan fingerprint density at radius 2 is 1.67 bits per heavy atom. The first-order chi connectivity index (χ1) is 8.93. The van der Waals surface area contributed by atoms with E-state index < -0.39 is 0 Å². The predicted molar refractivity (Wildman–Crippen MR) is 78.9 cm³/mol. The molecule has 0 saturated carbocycles. The molecule has 0 N–H and O–H groups in total. The van der Waals surface area contributed by atoms with E-state index in [-0.39, 0.29) is 0 Å². The highest BCUT2D eigenvalue weighted by molar-refractivity contribution is 8.02. The van der Waals surface area contributed by atoms with Gasteiger partial charge in [-0.25, -0.2) is 0 Å². The van der Waals surface area contributed by atoms with Crippen molar-refractivity contribution < 1.29 is 0 Å². The van der Waals surface area contributed by atoms with E-state index in [4.69, 9.17) is 0 Å². The zero-order valence-electron chi connectivity index (χ0n) is 10.1. The topological polar surface area (TPSA) is 3.24 Å². The summed E-state index contributed by atoms with van der Waals surface area (Å²) in [6.07, 6.45) is 3.25. The number of thioether (sulfide) groups is 1. The van der Waals surface area contributed by atoms with Crippen molar-refractivity contribution in [1.82, 2.24) is 0 Å². The lowest BCUT2D eigenvalue weighted by molar-refractivity contribution is 0.898. The molecule has 1 nitrogen and oxygen atoms in total. The van der Waals surface area contributed by atoms with Crippen LogP contribution in [-0.4, -0.2) is 6.54 Å². The van der Waals surface area contributed by atoms with Crippen molar-refractivity contribution in [2.75, 3.05) is 11.4 Å². The Labute approximate surface area is 112 Å². The number of rotatable bonds is 3. The van der Waals surface area contributed by atoms with E-state index in [0.717, 1.165) is 13.0 Å². The van der Waals surface area contributed by atoms with Gasteiger partial charge in [-0.3, -0.25) is 0 Å². The fourth-order valence-corrected chi connectivity index (χ4v) is 2.96. The molecule has 0 saturated heterocycles. The summed E-state index contributed by atoms with van der Waals surface area (Å²) in [6, 6.07) is 19.2. The largest absolute Gasteiger partial charge is 0.346 e. The summed E-state index contributed by atoms with van der Waals surface area (Å²) in [6.45, 7) is 1.03. The smallest absolute Gasteiger partial charge is 0.0547 e. The normalized spacial score (nSPS) is 13.4. The highest BCUT2D eigenvalue weighted by Gasteiger charge is 2.11. The van der Waals surface area contributed by atoms with Crippen LogP contribution in [0.15, 0.2) is 71.1 Å². The molecule has 0 radical (unpaired) electrons. The summed E-state index contributed by atoms with van der Waals surface area (Å²) >= 11 is 1.79. The van der Waals surface area contributed by atoms with Crippen molar-refractivity contribution in [2.45, 2.75) is 11.3 Å². The standard InChI is InChI=1S/C16H15NS/c1-2-6-14(7-3-1)10-11-17-12-13-18-16-9-5-4-8-15(16)17/h1-9,12-13H,10-11H2. The fourth-order valence-electron chi connectivity index (χ4n) is 2.14. The van der Waals surface area contributed by atoms with E-state index in [1.807, 2.05) is 0 Å². The van der Waals surface area contributed by atoms with Crippen molar-refractivity contribution >= 4 is 17.4 Å². The van der Waals surface area contributed by atoms with Crippen molar-refractivity contribution in [3.63, 3.8) is 0 Å². The number of benzene rings is 2. The highest BCUT2D eigenvalue weighted by Crippen LogP contribution is 2.34. The molecule has 1 heterocycles. The number of fused-ring (bicyclic) bond motifs is 1. The summed E-state index contributed by atoms with van der Waals surface area (Å²) in [5, 5.41) is 2.16. The molecule has 1 aliphatic heterocycles. The Morgan fingerprint density at radius 3 is 2.56 bits per heavy atom. The average Bonchev–Trinajstić information content (AvgIpc) is 2.46. The van der Waals surface area contributed by atoms with Gasteiger partial charge in [0.1, 0.15) is 0 Å². The molecule has 0 aliphatic carbocycles. The van der Waals surface area contributed by atoms with Crippen LogP contribution in [0.2, 0.25) is 0 Å². The average molecular weight is 253 g/mol. The lowest BCUT2D eigenvalue weighted by atomic mass is 10.1. The third-order valence-corrected chi connectivity index (χ3v) is 3.95. The first-order valence-corrected chi connectivity index (χ1v) is 7.04. The van der Waals surface area contributed by atoms with E-state index in [1.165, 1.54) is 16.1 Å². The molecule has 2 aromatic carbocycles. The van der Waals surface area contributed by atoms with Crippen molar-refractivity contribution in [3.05, 3.63) is 71.8 Å². The molecule has 0 amide bonds. The van der Waals surface area contributed by atoms with Gasteiger partial charge in [-0.2, -0.15) is 0 Å². The zero-order valence-corrected chi connectivity index (χ0v) is 10.9. The van der Waals surface area contributed by atoms with Crippen molar-refractivity contribution in [2.24, 2.45) is 0 Å². The number of hydrogen-bond donors (Lipinski definition) is 0. The van der Waals surface area contributed by atoms with Crippen LogP contribution in [0.25, 0.3) is 0 Å². The van der Waals surface area contributed by atoms with Crippen molar-refractivity contribution in [3.8, 4) is 0 Å². The molecule has 0 unspecified atom stereocenters. The Hall–Kier alpha value is -1.67. The molecule has 0 aromatic heterocycles. The number of anilines is 1. The zero-order chi connectivity index (χ0) is 12.2. The van der Waals surface area contributed by atoms with E-state index in [1.54, 1.807) is 11.8 Å². The third kappa shape index (κ3) is 2.44. The first-order valence-electron chi connectivity index (χ1n) is 6.16. The van der Waals surface area contributed by atoms with Gasteiger partial charge in [0.05, 0.1) is 5.69 Å². The van der Waals surface area contributed by atoms with Crippen LogP contribution >= 0.6 is 11.8 Å². The quantitative estimate of drug-likeness (QED) is 0.801. The maximum atomic E-state index is 2.33. The number of nitrogens with zero attached hydrogens (tertiary/aromatic N) is 1. The second kappa shape index (κ2) is 5.32. The van der Waals surface area contributed by atoms with Gasteiger partial charge >= 0.3 is 0 Å². The fraction of sp³-hybridized carbons (Fsp3) is 0.125. The van der Waals surface area contributed by atoms with Gasteiger partial charge in [0, 0.05) is 17.6 Å². The van der Waals surface area contributed by atoms with E-state index in [2.05, 4.69) is 71.1 Å². The molecular formula is C16H15NS. The molecule has 2 aromatic rings. The summed E-state index contributed by atoms with van der Waals surface area (Å²) in [7, 11) is 0. The monoisotopic (exact) mass is 253 g/mol. The molecule has 0 bridgehead atoms. The van der Waals surface area contributed by atoms with Gasteiger partial charge in [-0.05, 0) is 29.5 Å². The van der Waals surface area contributed by atoms with E-state index in [0.29, 0.717) is 0 Å². The second-order valence-corrected chi connectivity index (χ2v) is 5.25. The van der Waals surface area contributed by atoms with Crippen LogP contribution in [0.4, 0.5) is 5.69 Å². The lowest BCUT2D eigenvalue weighted by Gasteiger charge is -2.25. The van der Waals surface area contributed by atoms with E-state index >= 15 is 0 Å². The minimum Gasteiger partial charge on any atom is -0.346 e. The molecule has 1 aliphatic rings. The van der Waals surface area contributed by atoms with Crippen LogP contribution in [0.5, 0.6) is 0 Å². The molecule has 3 rings (SSSR count). The molecule has 2 heteroatoms. The van der Waals surface area contributed by atoms with Crippen LogP contribution in [0, 0.1) is 0 Å². The lowest BCUT2D eigenvalue weighted by Crippen LogP contribution is -2.21. The third-order valence-electron chi connectivity index (χ3n) is 3.09. The summed E-state index contributed by atoms with van der Waals surface area (Å²) in [5.41, 5.74) is 2.71. The van der Waals surface area contributed by atoms with Crippen LogP contribution < -0.4 is 4.90 Å². The Bertz CT molecular complexity index is 548. The summed E-state index contributed by atoms with van der Waals surface area (Å²) < 4.78 is 0. The van der Waals surface area contributed by atoms with Gasteiger partial charge in [0.25, 0.3) is 0 Å². The SMILES string of the molecule is C1=CN(CCc2ccccc2)c2ccccc2S1. The molecule has 18 heavy (non-hydrogen) atoms. The molecular weight excluding hydrogens is 238 g/mol. The Morgan fingerprint density at radius 1 is 0.889 bits per heavy atom. The molecule has 0 fully saturated rings. The summed E-state index contributed by atoms with van der Waals surface area (Å²) in [5.74, 6) is 0. The highest BCUT2D eigenvalue weighted by atomic mass is 32.2. The molecule has 0 atom stereocenters. The van der Waals surface area contributed by atoms with Crippen molar-refractivity contribution in [1.29, 1.82) is 0 Å². The Balaban J connectivity index is 1.74. The van der Waals surface area contributed by atoms with Gasteiger partial charge in [0.15, 0.2) is 0 Å². The minimum atomic E-state index is 1.03. The van der Waals surface area contributed by atoms with E-state index in [9.17, 15) is 0 Å². The van der Waals surface area contributed by atoms with Crippen LogP contribution in [0.3, 0.4) is 0 Å². The van der Waals surface area contributed by atoms with Crippen LogP contribution in [-0.2, 0) is 6.42 Å². The van der Waals surface area contributed by atoms with Gasteiger partial charge in [-0.1, -0.05) is 54.2 Å². The maximum absolute atomic E-state index is 2.33. The van der Waals surface area contributed by atoms with Gasteiger partial charge in [-0.15, -0.1) is 0 Å². The summed E-state index contributed by atoms with van der Waals surface area (Å²) in [4.78, 5) is 3.67. The maximum Gasteiger partial charge on any atom is 0.0547 e. The minimum absolute atomic E-state index is 1.03. The Kier molecular flexibility index (Phi) is 3.37. The second-order valence-electron chi connectivity index (χ2n) is 4.30. The molecule has 90 valence electrons. The van der Waals surface area contributed by atoms with Gasteiger partial charge in [0.2, 0.25) is 0 Å². The van der Waals surface area contributed by atoms with Crippen LogP contribution in [0.1, 0.15) is 5.56 Å². The predicted octanol–water partition coefficient (Wildman–Crippen LogP) is 4.31. The number of hydrogen-bond acceptors (Lipinski definition) is 2. The first kappa shape index (κ1) is 11.4.